The van der Waals surface area contributed by atoms with Crippen molar-refractivity contribution in [3.63, 3.8) is 0 Å². The van der Waals surface area contributed by atoms with Gasteiger partial charge < -0.3 is 9.84 Å². The monoisotopic (exact) mass is 254 g/mol. The molecule has 1 rings (SSSR count). The zero-order chi connectivity index (χ0) is 13.4. The van der Waals surface area contributed by atoms with Gasteiger partial charge in [0.15, 0.2) is 0 Å². The molecule has 1 aromatic heterocycles. The van der Waals surface area contributed by atoms with Gasteiger partial charge in [0.1, 0.15) is 0 Å². The van der Waals surface area contributed by atoms with E-state index in [1.807, 2.05) is 23.9 Å². The second kappa shape index (κ2) is 8.27. The first-order chi connectivity index (χ1) is 8.71. The van der Waals surface area contributed by atoms with Crippen LogP contribution in [0.2, 0.25) is 0 Å². The van der Waals surface area contributed by atoms with Gasteiger partial charge in [-0.05, 0) is 32.3 Å². The van der Waals surface area contributed by atoms with Gasteiger partial charge in [0.05, 0.1) is 17.8 Å². The molecule has 0 bridgehead atoms. The summed E-state index contributed by atoms with van der Waals surface area (Å²) in [5.74, 6) is 0. The average Bonchev–Trinajstić information content (AvgIpc) is 2.79. The molecule has 1 unspecified atom stereocenters. The normalized spacial score (nSPS) is 13.2. The number of rotatable bonds is 9. The molecule has 0 saturated heterocycles. The first kappa shape index (κ1) is 15.2. The van der Waals surface area contributed by atoms with Crippen LogP contribution < -0.4 is 0 Å². The summed E-state index contributed by atoms with van der Waals surface area (Å²) in [6, 6.07) is 2.47. The largest absolute Gasteiger partial charge is 0.393 e. The highest BCUT2D eigenvalue weighted by atomic mass is 16.5. The minimum atomic E-state index is -0.360. The molecule has 18 heavy (non-hydrogen) atoms. The number of aliphatic hydroxyl groups is 1. The Morgan fingerprint density at radius 1 is 1.33 bits per heavy atom. The first-order valence-corrected chi connectivity index (χ1v) is 7.01. The Morgan fingerprint density at radius 3 is 2.67 bits per heavy atom. The molecule has 0 fully saturated rings. The molecule has 4 heteroatoms. The van der Waals surface area contributed by atoms with Crippen molar-refractivity contribution in [3.8, 4) is 0 Å². The van der Waals surface area contributed by atoms with Gasteiger partial charge in [-0.2, -0.15) is 5.10 Å². The van der Waals surface area contributed by atoms with E-state index in [9.17, 15) is 5.11 Å². The topological polar surface area (TPSA) is 47.3 Å². The summed E-state index contributed by atoms with van der Waals surface area (Å²) in [5, 5.41) is 14.4. The number of ether oxygens (including phenoxy) is 1. The Labute approximate surface area is 110 Å². The summed E-state index contributed by atoms with van der Waals surface area (Å²) in [6.45, 7) is 7.63. The lowest BCUT2D eigenvalue weighted by atomic mass is 10.1. The highest BCUT2D eigenvalue weighted by molar-refractivity contribution is 5.01. The van der Waals surface area contributed by atoms with E-state index >= 15 is 0 Å². The van der Waals surface area contributed by atoms with Gasteiger partial charge in [-0.1, -0.05) is 13.8 Å². The average molecular weight is 254 g/mol. The smallest absolute Gasteiger partial charge is 0.0650 e. The van der Waals surface area contributed by atoms with Crippen LogP contribution in [0.5, 0.6) is 0 Å². The molecule has 104 valence electrons. The number of hydrogen-bond acceptors (Lipinski definition) is 3. The van der Waals surface area contributed by atoms with Crippen molar-refractivity contribution in [3.05, 3.63) is 18.0 Å². The third-order valence-electron chi connectivity index (χ3n) is 3.22. The molecular formula is C14H26N2O2. The molecule has 0 saturated carbocycles. The molecule has 1 N–H and O–H groups in total. The minimum absolute atomic E-state index is 0.360. The maximum absolute atomic E-state index is 9.86. The van der Waals surface area contributed by atoms with E-state index in [2.05, 4.69) is 18.9 Å². The van der Waals surface area contributed by atoms with E-state index in [1.165, 1.54) is 0 Å². The van der Waals surface area contributed by atoms with Crippen molar-refractivity contribution in [2.75, 3.05) is 13.2 Å². The van der Waals surface area contributed by atoms with Crippen LogP contribution in [0.3, 0.4) is 0 Å². The van der Waals surface area contributed by atoms with Gasteiger partial charge in [-0.25, -0.2) is 0 Å². The second-order valence-corrected chi connectivity index (χ2v) is 4.60. The van der Waals surface area contributed by atoms with Gasteiger partial charge in [-0.3, -0.25) is 4.68 Å². The Balaban J connectivity index is 2.43. The molecule has 0 aliphatic heterocycles. The lowest BCUT2D eigenvalue weighted by molar-refractivity contribution is 0.0881. The summed E-state index contributed by atoms with van der Waals surface area (Å²) in [4.78, 5) is 0. The minimum Gasteiger partial charge on any atom is -0.393 e. The number of aliphatic hydroxyl groups excluding tert-OH is 1. The first-order valence-electron chi connectivity index (χ1n) is 7.01. The van der Waals surface area contributed by atoms with Gasteiger partial charge in [-0.15, -0.1) is 0 Å². The maximum atomic E-state index is 9.86. The summed E-state index contributed by atoms with van der Waals surface area (Å²) in [6.07, 6.45) is 5.12. The van der Waals surface area contributed by atoms with Crippen LogP contribution in [0.15, 0.2) is 12.3 Å². The summed E-state index contributed by atoms with van der Waals surface area (Å²) < 4.78 is 7.25. The number of aromatic nitrogens is 2. The van der Waals surface area contributed by atoms with Crippen molar-refractivity contribution in [2.45, 2.75) is 58.6 Å². The van der Waals surface area contributed by atoms with Crippen LogP contribution in [0.4, 0.5) is 0 Å². The van der Waals surface area contributed by atoms with Crippen LogP contribution in [0.1, 0.15) is 51.8 Å². The molecule has 0 amide bonds. The van der Waals surface area contributed by atoms with E-state index in [1.54, 1.807) is 0 Å². The fraction of sp³-hybridized carbons (Fsp3) is 0.786. The fourth-order valence-electron chi connectivity index (χ4n) is 2.06. The SMILES string of the molecule is CCOCCC(O)Cc1ccn(C(CC)CC)n1. The molecule has 0 aliphatic carbocycles. The summed E-state index contributed by atoms with van der Waals surface area (Å²) >= 11 is 0. The van der Waals surface area contributed by atoms with Crippen molar-refractivity contribution in [2.24, 2.45) is 0 Å². The van der Waals surface area contributed by atoms with Gasteiger partial charge >= 0.3 is 0 Å². The van der Waals surface area contributed by atoms with Gasteiger partial charge in [0, 0.05) is 25.8 Å². The molecule has 1 aromatic rings. The molecule has 0 radical (unpaired) electrons. The van der Waals surface area contributed by atoms with E-state index in [0.29, 0.717) is 32.1 Å². The van der Waals surface area contributed by atoms with Gasteiger partial charge in [0.25, 0.3) is 0 Å². The summed E-state index contributed by atoms with van der Waals surface area (Å²) in [7, 11) is 0. The predicted molar refractivity (Wildman–Crippen MR) is 72.7 cm³/mol. The number of hydrogen-bond donors (Lipinski definition) is 1. The Morgan fingerprint density at radius 2 is 2.06 bits per heavy atom. The predicted octanol–water partition coefficient (Wildman–Crippen LogP) is 2.57. The maximum Gasteiger partial charge on any atom is 0.0650 e. The Hall–Kier alpha value is -0.870. The van der Waals surface area contributed by atoms with E-state index in [4.69, 9.17) is 4.74 Å². The van der Waals surface area contributed by atoms with Crippen molar-refractivity contribution >= 4 is 0 Å². The van der Waals surface area contributed by atoms with Crippen LogP contribution in [0.25, 0.3) is 0 Å². The lowest BCUT2D eigenvalue weighted by Crippen LogP contribution is -2.15. The molecule has 4 nitrogen and oxygen atoms in total. The highest BCUT2D eigenvalue weighted by Gasteiger charge is 2.11. The van der Waals surface area contributed by atoms with E-state index < -0.39 is 0 Å². The second-order valence-electron chi connectivity index (χ2n) is 4.60. The van der Waals surface area contributed by atoms with Crippen molar-refractivity contribution < 1.29 is 9.84 Å². The van der Waals surface area contributed by atoms with Crippen molar-refractivity contribution in [1.29, 1.82) is 0 Å². The van der Waals surface area contributed by atoms with E-state index in [0.717, 1.165) is 18.5 Å². The van der Waals surface area contributed by atoms with Crippen molar-refractivity contribution in [1.82, 2.24) is 9.78 Å². The summed E-state index contributed by atoms with van der Waals surface area (Å²) in [5.41, 5.74) is 0.964. The number of nitrogens with zero attached hydrogens (tertiary/aromatic N) is 2. The zero-order valence-corrected chi connectivity index (χ0v) is 11.8. The van der Waals surface area contributed by atoms with Crippen LogP contribution in [-0.4, -0.2) is 34.2 Å². The third-order valence-corrected chi connectivity index (χ3v) is 3.22. The van der Waals surface area contributed by atoms with Crippen LogP contribution >= 0.6 is 0 Å². The highest BCUT2D eigenvalue weighted by Crippen LogP contribution is 2.15. The standard InChI is InChI=1S/C14H26N2O2/c1-4-13(5-2)16-9-7-12(15-16)11-14(17)8-10-18-6-3/h7,9,13-14,17H,4-6,8,10-11H2,1-3H3. The van der Waals surface area contributed by atoms with Crippen LogP contribution in [-0.2, 0) is 11.2 Å². The van der Waals surface area contributed by atoms with E-state index in [-0.39, 0.29) is 6.10 Å². The third kappa shape index (κ3) is 4.78. The van der Waals surface area contributed by atoms with Gasteiger partial charge in [0.2, 0.25) is 0 Å². The Kier molecular flexibility index (Phi) is 6.98. The fourth-order valence-corrected chi connectivity index (χ4v) is 2.06. The molecule has 1 atom stereocenters. The molecule has 0 aliphatic rings. The Bertz CT molecular complexity index is 321. The molecule has 0 aromatic carbocycles. The molecule has 1 heterocycles. The molecular weight excluding hydrogens is 228 g/mol. The van der Waals surface area contributed by atoms with Crippen LogP contribution in [0, 0.1) is 0 Å². The zero-order valence-electron chi connectivity index (χ0n) is 11.8. The quantitative estimate of drug-likeness (QED) is 0.689. The lowest BCUT2D eigenvalue weighted by Gasteiger charge is -2.13. The molecule has 0 spiro atoms.